The van der Waals surface area contributed by atoms with E-state index in [0.29, 0.717) is 0 Å². The van der Waals surface area contributed by atoms with Gasteiger partial charge in [-0.1, -0.05) is 48.0 Å². The van der Waals surface area contributed by atoms with Crippen molar-refractivity contribution in [2.24, 2.45) is 0 Å². The molecule has 0 aliphatic carbocycles. The van der Waals surface area contributed by atoms with Gasteiger partial charge in [0.2, 0.25) is 0 Å². The molecule has 0 N–H and O–H groups in total. The lowest BCUT2D eigenvalue weighted by molar-refractivity contribution is 1.52. The Hall–Kier alpha value is -2.68. The molecule has 4 aromatic carbocycles. The van der Waals surface area contributed by atoms with Crippen molar-refractivity contribution in [2.45, 2.75) is 13.8 Å². The summed E-state index contributed by atoms with van der Waals surface area (Å²) in [5, 5.41) is 5.53. The summed E-state index contributed by atoms with van der Waals surface area (Å²) in [7, 11) is 0. The third kappa shape index (κ3) is 2.28. The minimum atomic E-state index is 1.31. The molecule has 6 aromatic rings. The summed E-state index contributed by atoms with van der Waals surface area (Å²) in [5.41, 5.74) is 5.35. The highest BCUT2D eigenvalue weighted by Gasteiger charge is 2.13. The summed E-state index contributed by atoms with van der Waals surface area (Å²) in [6, 6.07) is 27.1. The SMILES string of the molecule is Cc1ccc2sc3cc(-c4ccc5sc6ccccc6c5c4C)ccc3c2c1. The molecule has 2 aromatic heterocycles. The van der Waals surface area contributed by atoms with E-state index in [0.717, 1.165) is 0 Å². The fourth-order valence-electron chi connectivity index (χ4n) is 4.36. The number of thiophene rings is 2. The van der Waals surface area contributed by atoms with E-state index in [4.69, 9.17) is 0 Å². The number of rotatable bonds is 1. The lowest BCUT2D eigenvalue weighted by atomic mass is 9.96. The maximum atomic E-state index is 2.37. The Morgan fingerprint density at radius 2 is 1.36 bits per heavy atom. The molecule has 0 spiro atoms. The minimum Gasteiger partial charge on any atom is -0.135 e. The van der Waals surface area contributed by atoms with Crippen molar-refractivity contribution < 1.29 is 0 Å². The Morgan fingerprint density at radius 3 is 2.29 bits per heavy atom. The largest absolute Gasteiger partial charge is 0.135 e. The number of aryl methyl sites for hydroxylation is 2. The molecule has 0 fully saturated rings. The Labute approximate surface area is 171 Å². The Morgan fingerprint density at radius 1 is 0.571 bits per heavy atom. The molecule has 2 heterocycles. The first kappa shape index (κ1) is 16.3. The zero-order valence-corrected chi connectivity index (χ0v) is 17.4. The van der Waals surface area contributed by atoms with E-state index in [1.54, 1.807) is 0 Å². The summed E-state index contributed by atoms with van der Waals surface area (Å²) in [6.45, 7) is 4.44. The zero-order chi connectivity index (χ0) is 18.8. The highest BCUT2D eigenvalue weighted by molar-refractivity contribution is 7.26. The summed E-state index contributed by atoms with van der Waals surface area (Å²) in [4.78, 5) is 0. The van der Waals surface area contributed by atoms with E-state index in [1.807, 2.05) is 22.7 Å². The number of hydrogen-bond donors (Lipinski definition) is 0. The third-order valence-corrected chi connectivity index (χ3v) is 8.01. The van der Waals surface area contributed by atoms with Gasteiger partial charge in [0.15, 0.2) is 0 Å². The van der Waals surface area contributed by atoms with Gasteiger partial charge < -0.3 is 0 Å². The van der Waals surface area contributed by atoms with Crippen molar-refractivity contribution in [1.82, 2.24) is 0 Å². The summed E-state index contributed by atoms with van der Waals surface area (Å²) in [5.74, 6) is 0. The van der Waals surface area contributed by atoms with Crippen LogP contribution in [0.2, 0.25) is 0 Å². The molecule has 0 atom stereocenters. The summed E-state index contributed by atoms with van der Waals surface area (Å²) < 4.78 is 5.48. The molecule has 6 rings (SSSR count). The van der Waals surface area contributed by atoms with Gasteiger partial charge in [0.1, 0.15) is 0 Å². The molecule has 0 radical (unpaired) electrons. The Kier molecular flexibility index (Phi) is 3.44. The van der Waals surface area contributed by atoms with Crippen LogP contribution in [0.15, 0.2) is 72.8 Å². The standard InChI is InChI=1S/C26H18S2/c1-15-7-11-23-21(13-15)19-9-8-17(14-25(19)28-23)18-10-12-24-26(16(18)2)20-5-3-4-6-22(20)27-24/h3-14H,1-2H3. The molecule has 0 aliphatic rings. The Balaban J connectivity index is 1.62. The van der Waals surface area contributed by atoms with Gasteiger partial charge in [-0.25, -0.2) is 0 Å². The van der Waals surface area contributed by atoms with Crippen molar-refractivity contribution in [3.63, 3.8) is 0 Å². The van der Waals surface area contributed by atoms with Crippen LogP contribution >= 0.6 is 22.7 Å². The van der Waals surface area contributed by atoms with Gasteiger partial charge in [0.25, 0.3) is 0 Å². The van der Waals surface area contributed by atoms with Crippen molar-refractivity contribution in [3.05, 3.63) is 83.9 Å². The quantitative estimate of drug-likeness (QED) is 0.261. The summed E-state index contributed by atoms with van der Waals surface area (Å²) in [6.07, 6.45) is 0. The topological polar surface area (TPSA) is 0 Å². The van der Waals surface area contributed by atoms with Gasteiger partial charge in [-0.05, 0) is 60.9 Å². The highest BCUT2D eigenvalue weighted by atomic mass is 32.1. The van der Waals surface area contributed by atoms with Crippen molar-refractivity contribution >= 4 is 63.0 Å². The van der Waals surface area contributed by atoms with Crippen LogP contribution in [0.3, 0.4) is 0 Å². The van der Waals surface area contributed by atoms with E-state index in [2.05, 4.69) is 86.6 Å². The van der Waals surface area contributed by atoms with E-state index in [1.165, 1.54) is 62.6 Å². The van der Waals surface area contributed by atoms with Crippen LogP contribution < -0.4 is 0 Å². The molecule has 0 nitrogen and oxygen atoms in total. The van der Waals surface area contributed by atoms with Crippen LogP contribution in [0.5, 0.6) is 0 Å². The lowest BCUT2D eigenvalue weighted by Gasteiger charge is -2.08. The van der Waals surface area contributed by atoms with Crippen LogP contribution in [0, 0.1) is 13.8 Å². The Bertz CT molecular complexity index is 1530. The van der Waals surface area contributed by atoms with Gasteiger partial charge >= 0.3 is 0 Å². The first-order valence-electron chi connectivity index (χ1n) is 9.53. The predicted octanol–water partition coefficient (Wildman–Crippen LogP) is 8.71. The maximum absolute atomic E-state index is 2.37. The maximum Gasteiger partial charge on any atom is 0.0361 e. The fraction of sp³-hybridized carbons (Fsp3) is 0.0769. The lowest BCUT2D eigenvalue weighted by Crippen LogP contribution is -1.84. The van der Waals surface area contributed by atoms with E-state index in [-0.39, 0.29) is 0 Å². The first-order valence-corrected chi connectivity index (χ1v) is 11.2. The molecular formula is C26H18S2. The molecule has 0 amide bonds. The predicted molar refractivity (Wildman–Crippen MR) is 127 cm³/mol. The van der Waals surface area contributed by atoms with Crippen molar-refractivity contribution in [1.29, 1.82) is 0 Å². The normalized spacial score (nSPS) is 11.9. The molecule has 0 bridgehead atoms. The molecule has 0 unspecified atom stereocenters. The second-order valence-electron chi connectivity index (χ2n) is 7.52. The zero-order valence-electron chi connectivity index (χ0n) is 15.7. The van der Waals surface area contributed by atoms with Crippen LogP contribution in [0.25, 0.3) is 51.5 Å². The molecule has 0 aliphatic heterocycles. The van der Waals surface area contributed by atoms with Crippen LogP contribution in [-0.2, 0) is 0 Å². The molecule has 28 heavy (non-hydrogen) atoms. The molecule has 0 saturated heterocycles. The molecule has 0 saturated carbocycles. The second kappa shape index (κ2) is 5.91. The van der Waals surface area contributed by atoms with Gasteiger partial charge in [-0.3, -0.25) is 0 Å². The molecule has 2 heteroatoms. The van der Waals surface area contributed by atoms with Gasteiger partial charge in [-0.2, -0.15) is 0 Å². The number of fused-ring (bicyclic) bond motifs is 6. The van der Waals surface area contributed by atoms with Gasteiger partial charge in [0, 0.05) is 40.3 Å². The van der Waals surface area contributed by atoms with Gasteiger partial charge in [0.05, 0.1) is 0 Å². The fourth-order valence-corrected chi connectivity index (χ4v) is 6.65. The molecular weight excluding hydrogens is 376 g/mol. The van der Waals surface area contributed by atoms with E-state index in [9.17, 15) is 0 Å². The van der Waals surface area contributed by atoms with E-state index >= 15 is 0 Å². The second-order valence-corrected chi connectivity index (χ2v) is 9.69. The van der Waals surface area contributed by atoms with Crippen molar-refractivity contribution in [2.75, 3.05) is 0 Å². The van der Waals surface area contributed by atoms with E-state index < -0.39 is 0 Å². The van der Waals surface area contributed by atoms with Crippen LogP contribution in [0.1, 0.15) is 11.1 Å². The third-order valence-electron chi connectivity index (χ3n) is 5.74. The monoisotopic (exact) mass is 394 g/mol. The average molecular weight is 395 g/mol. The van der Waals surface area contributed by atoms with Gasteiger partial charge in [-0.15, -0.1) is 22.7 Å². The van der Waals surface area contributed by atoms with Crippen LogP contribution in [-0.4, -0.2) is 0 Å². The summed E-state index contributed by atoms with van der Waals surface area (Å²) >= 11 is 3.78. The first-order chi connectivity index (χ1) is 13.7. The minimum absolute atomic E-state index is 1.31. The molecule has 134 valence electrons. The number of benzene rings is 4. The average Bonchev–Trinajstić information content (AvgIpc) is 3.26. The number of hydrogen-bond acceptors (Lipinski definition) is 2. The van der Waals surface area contributed by atoms with Crippen LogP contribution in [0.4, 0.5) is 0 Å². The smallest absolute Gasteiger partial charge is 0.0361 e. The highest BCUT2D eigenvalue weighted by Crippen LogP contribution is 2.41. The van der Waals surface area contributed by atoms with Crippen molar-refractivity contribution in [3.8, 4) is 11.1 Å².